The van der Waals surface area contributed by atoms with Crippen LogP contribution in [0.2, 0.25) is 0 Å². The lowest BCUT2D eigenvalue weighted by molar-refractivity contribution is -0.133. The summed E-state index contributed by atoms with van der Waals surface area (Å²) in [6.45, 7) is 9.64. The molecule has 1 aromatic carbocycles. The van der Waals surface area contributed by atoms with Gasteiger partial charge in [0.15, 0.2) is 0 Å². The Morgan fingerprint density at radius 2 is 1.71 bits per heavy atom. The van der Waals surface area contributed by atoms with Crippen molar-refractivity contribution in [2.24, 2.45) is 0 Å². The maximum absolute atomic E-state index is 12.3. The zero-order chi connectivity index (χ0) is 17.7. The molecule has 1 aromatic rings. The highest BCUT2D eigenvalue weighted by molar-refractivity contribution is 5.94. The van der Waals surface area contributed by atoms with Gasteiger partial charge in [-0.2, -0.15) is 0 Å². The van der Waals surface area contributed by atoms with E-state index in [-0.39, 0.29) is 24.9 Å². The molecular formula is C18H28N4O2. The zero-order valence-corrected chi connectivity index (χ0v) is 15.1. The first-order valence-corrected chi connectivity index (χ1v) is 8.41. The minimum absolute atomic E-state index is 0.0782. The summed E-state index contributed by atoms with van der Waals surface area (Å²) in [6.07, 6.45) is 0. The van der Waals surface area contributed by atoms with Crippen molar-refractivity contribution in [2.45, 2.75) is 20.8 Å². The highest BCUT2D eigenvalue weighted by Gasteiger charge is 2.19. The van der Waals surface area contributed by atoms with E-state index in [1.165, 1.54) is 5.56 Å². The van der Waals surface area contributed by atoms with Gasteiger partial charge >= 0.3 is 0 Å². The third kappa shape index (κ3) is 5.04. The molecule has 0 unspecified atom stereocenters. The lowest BCUT2D eigenvalue weighted by Gasteiger charge is -2.29. The van der Waals surface area contributed by atoms with E-state index in [9.17, 15) is 9.59 Å². The number of nitrogens with one attached hydrogen (secondary N) is 2. The van der Waals surface area contributed by atoms with Crippen LogP contribution >= 0.6 is 0 Å². The topological polar surface area (TPSA) is 64.7 Å². The maximum Gasteiger partial charge on any atom is 0.238 e. The fraction of sp³-hybridized carbons (Fsp3) is 0.556. The standard InChI is InChI=1S/C18H28N4O2/c1-13-9-14(2)18(15(3)10-13)20-16(23)11-21(4)12-17(24)22-7-5-19-6-8-22/h9-10,19H,5-8,11-12H2,1-4H3,(H,20,23). The second kappa shape index (κ2) is 8.26. The number of benzene rings is 1. The highest BCUT2D eigenvalue weighted by atomic mass is 16.2. The number of carbonyl (C=O) groups is 2. The molecule has 1 aliphatic heterocycles. The molecule has 1 heterocycles. The number of carbonyl (C=O) groups excluding carboxylic acids is 2. The van der Waals surface area contributed by atoms with Gasteiger partial charge in [-0.05, 0) is 38.9 Å². The van der Waals surface area contributed by atoms with Gasteiger partial charge in [0, 0.05) is 31.9 Å². The predicted octanol–water partition coefficient (Wildman–Crippen LogP) is 0.914. The van der Waals surface area contributed by atoms with Crippen LogP contribution in [0.5, 0.6) is 0 Å². The Balaban J connectivity index is 1.86. The summed E-state index contributed by atoms with van der Waals surface area (Å²) in [5, 5.41) is 6.20. The molecule has 0 atom stereocenters. The third-order valence-electron chi connectivity index (χ3n) is 4.23. The Kier molecular flexibility index (Phi) is 6.34. The zero-order valence-electron chi connectivity index (χ0n) is 15.1. The van der Waals surface area contributed by atoms with E-state index in [2.05, 4.69) is 22.8 Å². The van der Waals surface area contributed by atoms with Crippen LogP contribution in [0.3, 0.4) is 0 Å². The molecule has 2 amide bonds. The van der Waals surface area contributed by atoms with Gasteiger partial charge < -0.3 is 15.5 Å². The molecule has 24 heavy (non-hydrogen) atoms. The van der Waals surface area contributed by atoms with Gasteiger partial charge in [-0.3, -0.25) is 14.5 Å². The molecule has 0 aromatic heterocycles. The first-order chi connectivity index (χ1) is 11.4. The molecule has 1 fully saturated rings. The van der Waals surface area contributed by atoms with Gasteiger partial charge in [-0.15, -0.1) is 0 Å². The Labute approximate surface area is 144 Å². The molecule has 0 radical (unpaired) electrons. The van der Waals surface area contributed by atoms with Gasteiger partial charge in [-0.1, -0.05) is 17.7 Å². The Hall–Kier alpha value is -1.92. The molecule has 0 aliphatic carbocycles. The molecule has 2 rings (SSSR count). The maximum atomic E-state index is 12.3. The summed E-state index contributed by atoms with van der Waals surface area (Å²) in [6, 6.07) is 4.11. The van der Waals surface area contributed by atoms with Gasteiger partial charge in [0.25, 0.3) is 0 Å². The molecule has 2 N–H and O–H groups in total. The van der Waals surface area contributed by atoms with Crippen molar-refractivity contribution in [3.63, 3.8) is 0 Å². The number of aryl methyl sites for hydroxylation is 3. The molecule has 0 saturated carbocycles. The normalized spacial score (nSPS) is 14.8. The van der Waals surface area contributed by atoms with E-state index >= 15 is 0 Å². The summed E-state index contributed by atoms with van der Waals surface area (Å²) in [4.78, 5) is 28.1. The first kappa shape index (κ1) is 18.4. The molecule has 0 spiro atoms. The number of likely N-dealkylation sites (N-methyl/N-ethyl adjacent to an activating group) is 1. The average molecular weight is 332 g/mol. The molecular weight excluding hydrogens is 304 g/mol. The van der Waals surface area contributed by atoms with Gasteiger partial charge in [0.1, 0.15) is 0 Å². The molecule has 6 heteroatoms. The highest BCUT2D eigenvalue weighted by Crippen LogP contribution is 2.21. The van der Waals surface area contributed by atoms with Crippen molar-refractivity contribution in [1.29, 1.82) is 0 Å². The number of amides is 2. The first-order valence-electron chi connectivity index (χ1n) is 8.41. The van der Waals surface area contributed by atoms with Crippen LogP contribution < -0.4 is 10.6 Å². The molecule has 0 bridgehead atoms. The summed E-state index contributed by atoms with van der Waals surface area (Å²) in [5.74, 6) is -0.0184. The van der Waals surface area contributed by atoms with Gasteiger partial charge in [0.05, 0.1) is 13.1 Å². The van der Waals surface area contributed by atoms with E-state index in [0.717, 1.165) is 43.0 Å². The number of hydrogen-bond donors (Lipinski definition) is 2. The van der Waals surface area contributed by atoms with Crippen molar-refractivity contribution in [3.8, 4) is 0 Å². The van der Waals surface area contributed by atoms with Crippen LogP contribution in [0.1, 0.15) is 16.7 Å². The fourth-order valence-electron chi connectivity index (χ4n) is 3.10. The lowest BCUT2D eigenvalue weighted by Crippen LogP contribution is -2.49. The van der Waals surface area contributed by atoms with E-state index in [4.69, 9.17) is 0 Å². The second-order valence-electron chi connectivity index (χ2n) is 6.62. The smallest absolute Gasteiger partial charge is 0.238 e. The number of hydrogen-bond acceptors (Lipinski definition) is 4. The predicted molar refractivity (Wildman–Crippen MR) is 96.2 cm³/mol. The Morgan fingerprint density at radius 1 is 1.12 bits per heavy atom. The van der Waals surface area contributed by atoms with Crippen LogP contribution in [0.25, 0.3) is 0 Å². The Morgan fingerprint density at radius 3 is 2.29 bits per heavy atom. The number of anilines is 1. The number of nitrogens with zero attached hydrogens (tertiary/aromatic N) is 2. The van der Waals surface area contributed by atoms with E-state index in [1.54, 1.807) is 11.9 Å². The van der Waals surface area contributed by atoms with Crippen LogP contribution in [0.4, 0.5) is 5.69 Å². The Bertz CT molecular complexity index is 586. The largest absolute Gasteiger partial charge is 0.339 e. The summed E-state index contributed by atoms with van der Waals surface area (Å²) < 4.78 is 0. The van der Waals surface area contributed by atoms with Crippen LogP contribution in [0, 0.1) is 20.8 Å². The third-order valence-corrected chi connectivity index (χ3v) is 4.23. The SMILES string of the molecule is Cc1cc(C)c(NC(=O)CN(C)CC(=O)N2CCNCC2)c(C)c1. The summed E-state index contributed by atoms with van der Waals surface area (Å²) in [5.41, 5.74) is 4.16. The van der Waals surface area contributed by atoms with Crippen molar-refractivity contribution in [3.05, 3.63) is 28.8 Å². The average Bonchev–Trinajstić information content (AvgIpc) is 2.51. The number of rotatable bonds is 5. The monoisotopic (exact) mass is 332 g/mol. The van der Waals surface area contributed by atoms with Crippen molar-refractivity contribution in [1.82, 2.24) is 15.1 Å². The van der Waals surface area contributed by atoms with Crippen molar-refractivity contribution >= 4 is 17.5 Å². The molecule has 1 saturated heterocycles. The van der Waals surface area contributed by atoms with Crippen molar-refractivity contribution < 1.29 is 9.59 Å². The van der Waals surface area contributed by atoms with E-state index in [0.29, 0.717) is 0 Å². The van der Waals surface area contributed by atoms with Crippen LogP contribution in [-0.4, -0.2) is 67.9 Å². The molecule has 132 valence electrons. The molecule has 6 nitrogen and oxygen atoms in total. The van der Waals surface area contributed by atoms with E-state index in [1.807, 2.05) is 25.7 Å². The lowest BCUT2D eigenvalue weighted by atomic mass is 10.1. The van der Waals surface area contributed by atoms with Crippen molar-refractivity contribution in [2.75, 3.05) is 51.6 Å². The van der Waals surface area contributed by atoms with Crippen LogP contribution in [0.15, 0.2) is 12.1 Å². The quantitative estimate of drug-likeness (QED) is 0.841. The van der Waals surface area contributed by atoms with Gasteiger partial charge in [0.2, 0.25) is 11.8 Å². The van der Waals surface area contributed by atoms with Gasteiger partial charge in [-0.25, -0.2) is 0 Å². The summed E-state index contributed by atoms with van der Waals surface area (Å²) in [7, 11) is 1.80. The summed E-state index contributed by atoms with van der Waals surface area (Å²) >= 11 is 0. The number of piperazine rings is 1. The van der Waals surface area contributed by atoms with Crippen LogP contribution in [-0.2, 0) is 9.59 Å². The van der Waals surface area contributed by atoms with E-state index < -0.39 is 0 Å². The molecule has 1 aliphatic rings. The minimum Gasteiger partial charge on any atom is -0.339 e. The second-order valence-corrected chi connectivity index (χ2v) is 6.62. The fourth-order valence-corrected chi connectivity index (χ4v) is 3.10. The minimum atomic E-state index is -0.0966.